The third-order valence-corrected chi connectivity index (χ3v) is 4.63. The molecule has 1 aliphatic rings. The zero-order chi connectivity index (χ0) is 19.1. The van der Waals surface area contributed by atoms with Crippen LogP contribution in [0.3, 0.4) is 0 Å². The van der Waals surface area contributed by atoms with Crippen molar-refractivity contribution in [2.45, 2.75) is 39.0 Å². The molecular weight excluding hydrogens is 342 g/mol. The summed E-state index contributed by atoms with van der Waals surface area (Å²) >= 11 is 0. The molecule has 1 aliphatic heterocycles. The summed E-state index contributed by atoms with van der Waals surface area (Å²) in [5.41, 5.74) is 1.83. The number of aromatic nitrogens is 1. The van der Waals surface area contributed by atoms with E-state index >= 15 is 0 Å². The zero-order valence-electron chi connectivity index (χ0n) is 15.6. The Labute approximate surface area is 159 Å². The van der Waals surface area contributed by atoms with Crippen LogP contribution in [0.15, 0.2) is 54.9 Å². The lowest BCUT2D eigenvalue weighted by Gasteiger charge is -2.14. The first-order chi connectivity index (χ1) is 13.1. The molecule has 2 heterocycles. The van der Waals surface area contributed by atoms with Crippen LogP contribution in [0.2, 0.25) is 0 Å². The number of nitrogens with one attached hydrogen (secondary N) is 1. The first kappa shape index (κ1) is 18.9. The van der Waals surface area contributed by atoms with Gasteiger partial charge in [-0.3, -0.25) is 4.79 Å². The topological polar surface area (TPSA) is 62.5 Å². The lowest BCUT2D eigenvalue weighted by molar-refractivity contribution is -0.727. The predicted molar refractivity (Wildman–Crippen MR) is 101 cm³/mol. The fraction of sp³-hybridized carbons (Fsp3) is 0.381. The first-order valence-electron chi connectivity index (χ1n) is 9.37. The van der Waals surface area contributed by atoms with Crippen molar-refractivity contribution in [3.05, 3.63) is 66.0 Å². The lowest BCUT2D eigenvalue weighted by atomic mass is 10.1. The molecule has 0 unspecified atom stereocenters. The van der Waals surface area contributed by atoms with Crippen LogP contribution < -0.4 is 9.88 Å². The Morgan fingerprint density at radius 2 is 1.78 bits per heavy atom. The van der Waals surface area contributed by atoms with E-state index in [9.17, 15) is 9.59 Å². The summed E-state index contributed by atoms with van der Waals surface area (Å²) in [7, 11) is 0. The van der Waals surface area contributed by atoms with Gasteiger partial charge >= 0.3 is 6.09 Å². The molecule has 6 nitrogen and oxygen atoms in total. The summed E-state index contributed by atoms with van der Waals surface area (Å²) in [6.45, 7) is 3.71. The van der Waals surface area contributed by atoms with E-state index in [0.717, 1.165) is 37.9 Å². The van der Waals surface area contributed by atoms with E-state index in [0.29, 0.717) is 5.56 Å². The first-order valence-corrected chi connectivity index (χ1v) is 9.37. The van der Waals surface area contributed by atoms with Crippen molar-refractivity contribution in [3.63, 3.8) is 0 Å². The second kappa shape index (κ2) is 9.16. The van der Waals surface area contributed by atoms with Gasteiger partial charge in [-0.25, -0.2) is 4.79 Å². The van der Waals surface area contributed by atoms with Gasteiger partial charge in [-0.05, 0) is 31.7 Å². The van der Waals surface area contributed by atoms with E-state index in [2.05, 4.69) is 5.32 Å². The smallest absolute Gasteiger partial charge is 0.388 e. The third kappa shape index (κ3) is 5.54. The van der Waals surface area contributed by atoms with Gasteiger partial charge in [0, 0.05) is 31.3 Å². The van der Waals surface area contributed by atoms with Gasteiger partial charge in [-0.2, -0.15) is 4.57 Å². The maximum Gasteiger partial charge on any atom is 0.412 e. The second-order valence-corrected chi connectivity index (χ2v) is 6.90. The van der Waals surface area contributed by atoms with E-state index in [-0.39, 0.29) is 18.7 Å². The standard InChI is InChI=1S/C21H25N3O3/c1-17(15-18-7-3-2-4-8-18)22-21(26)27-16-23-13-9-19(10-14-23)20(25)24-11-5-6-12-24/h2-4,7-10,13-14,17H,5-6,11-12,15-16H2,1H3/p+1/t17-/m0/s1. The van der Waals surface area contributed by atoms with Crippen LogP contribution in [0.25, 0.3) is 0 Å². The number of alkyl carbamates (subject to hydrolysis) is 1. The van der Waals surface area contributed by atoms with E-state index in [1.54, 1.807) is 29.1 Å². The van der Waals surface area contributed by atoms with Crippen molar-refractivity contribution in [2.24, 2.45) is 0 Å². The number of likely N-dealkylation sites (tertiary alicyclic amines) is 1. The Morgan fingerprint density at radius 1 is 1.11 bits per heavy atom. The van der Waals surface area contributed by atoms with E-state index in [1.807, 2.05) is 42.2 Å². The Hall–Kier alpha value is -2.89. The molecule has 1 N–H and O–H groups in total. The van der Waals surface area contributed by atoms with Crippen LogP contribution in [0.5, 0.6) is 0 Å². The van der Waals surface area contributed by atoms with Crippen molar-refractivity contribution in [1.82, 2.24) is 10.2 Å². The molecule has 1 aromatic carbocycles. The van der Waals surface area contributed by atoms with Crippen LogP contribution in [-0.2, 0) is 17.9 Å². The number of pyridine rings is 1. The molecule has 0 saturated carbocycles. The summed E-state index contributed by atoms with van der Waals surface area (Å²) in [6.07, 6.45) is 5.95. The van der Waals surface area contributed by atoms with Gasteiger partial charge in [0.2, 0.25) is 0 Å². The molecule has 1 fully saturated rings. The number of nitrogens with zero attached hydrogens (tertiary/aromatic N) is 2. The molecular formula is C21H26N3O3+. The third-order valence-electron chi connectivity index (χ3n) is 4.63. The molecule has 27 heavy (non-hydrogen) atoms. The molecule has 1 aromatic heterocycles. The van der Waals surface area contributed by atoms with Crippen LogP contribution in [0.1, 0.15) is 35.7 Å². The highest BCUT2D eigenvalue weighted by Crippen LogP contribution is 2.11. The van der Waals surface area contributed by atoms with Gasteiger partial charge in [0.1, 0.15) is 0 Å². The lowest BCUT2D eigenvalue weighted by Crippen LogP contribution is -2.40. The number of amides is 2. The second-order valence-electron chi connectivity index (χ2n) is 6.90. The molecule has 2 amide bonds. The van der Waals surface area contributed by atoms with Gasteiger partial charge in [0.05, 0.1) is 5.56 Å². The fourth-order valence-corrected chi connectivity index (χ4v) is 3.18. The Kier molecular flexibility index (Phi) is 6.41. The number of benzene rings is 1. The SMILES string of the molecule is C[C@@H](Cc1ccccc1)NC(=O)OC[n+]1ccc(C(=O)N2CCCC2)cc1. The van der Waals surface area contributed by atoms with Gasteiger partial charge in [-0.1, -0.05) is 30.3 Å². The minimum absolute atomic E-state index is 0.0228. The van der Waals surface area contributed by atoms with Crippen molar-refractivity contribution in [3.8, 4) is 0 Å². The van der Waals surface area contributed by atoms with Gasteiger partial charge in [-0.15, -0.1) is 0 Å². The van der Waals surface area contributed by atoms with Gasteiger partial charge < -0.3 is 15.0 Å². The normalized spacial score (nSPS) is 14.6. The Morgan fingerprint density at radius 3 is 2.44 bits per heavy atom. The molecule has 0 radical (unpaired) electrons. The summed E-state index contributed by atoms with van der Waals surface area (Å²) < 4.78 is 6.98. The van der Waals surface area contributed by atoms with Crippen LogP contribution >= 0.6 is 0 Å². The maximum atomic E-state index is 12.3. The van der Waals surface area contributed by atoms with E-state index in [4.69, 9.17) is 4.74 Å². The molecule has 0 aliphatic carbocycles. The minimum Gasteiger partial charge on any atom is -0.388 e. The fourth-order valence-electron chi connectivity index (χ4n) is 3.18. The highest BCUT2D eigenvalue weighted by Gasteiger charge is 2.20. The monoisotopic (exact) mass is 368 g/mol. The zero-order valence-corrected chi connectivity index (χ0v) is 15.6. The van der Waals surface area contributed by atoms with E-state index in [1.165, 1.54) is 0 Å². The highest BCUT2D eigenvalue weighted by atomic mass is 16.6. The van der Waals surface area contributed by atoms with Crippen LogP contribution in [0, 0.1) is 0 Å². The Bertz CT molecular complexity index is 756. The number of hydrogen-bond donors (Lipinski definition) is 1. The summed E-state index contributed by atoms with van der Waals surface area (Å²) in [5, 5.41) is 2.83. The molecule has 0 bridgehead atoms. The minimum atomic E-state index is -0.455. The Balaban J connectivity index is 1.43. The number of carbonyl (C=O) groups excluding carboxylic acids is 2. The largest absolute Gasteiger partial charge is 0.412 e. The molecule has 3 rings (SSSR count). The quantitative estimate of drug-likeness (QED) is 0.797. The van der Waals surface area contributed by atoms with Crippen molar-refractivity contribution in [2.75, 3.05) is 13.1 Å². The van der Waals surface area contributed by atoms with Crippen molar-refractivity contribution >= 4 is 12.0 Å². The van der Waals surface area contributed by atoms with Crippen molar-refractivity contribution in [1.29, 1.82) is 0 Å². The van der Waals surface area contributed by atoms with Crippen LogP contribution in [-0.4, -0.2) is 36.0 Å². The molecule has 2 aromatic rings. The van der Waals surface area contributed by atoms with Gasteiger partial charge in [0.25, 0.3) is 12.6 Å². The molecule has 0 spiro atoms. The number of carbonyl (C=O) groups is 2. The van der Waals surface area contributed by atoms with Crippen molar-refractivity contribution < 1.29 is 18.9 Å². The number of rotatable bonds is 6. The highest BCUT2D eigenvalue weighted by molar-refractivity contribution is 5.94. The summed E-state index contributed by atoms with van der Waals surface area (Å²) in [4.78, 5) is 26.1. The van der Waals surface area contributed by atoms with Crippen LogP contribution in [0.4, 0.5) is 4.79 Å². The summed E-state index contributed by atoms with van der Waals surface area (Å²) in [5.74, 6) is 0.0630. The molecule has 1 saturated heterocycles. The number of ether oxygens (including phenoxy) is 1. The summed E-state index contributed by atoms with van der Waals surface area (Å²) in [6, 6.07) is 13.5. The average Bonchev–Trinajstić information content (AvgIpc) is 3.22. The maximum absolute atomic E-state index is 12.3. The molecule has 6 heteroatoms. The predicted octanol–water partition coefficient (Wildman–Crippen LogP) is 2.53. The molecule has 142 valence electrons. The van der Waals surface area contributed by atoms with E-state index < -0.39 is 6.09 Å². The number of hydrogen-bond acceptors (Lipinski definition) is 3. The average molecular weight is 368 g/mol. The molecule has 1 atom stereocenters. The van der Waals surface area contributed by atoms with Gasteiger partial charge in [0.15, 0.2) is 12.4 Å².